The lowest BCUT2D eigenvalue weighted by Crippen LogP contribution is -2.51. The first-order valence-corrected chi connectivity index (χ1v) is 9.82. The predicted octanol–water partition coefficient (Wildman–Crippen LogP) is 2.00. The van der Waals surface area contributed by atoms with E-state index >= 15 is 0 Å². The molecule has 0 aromatic heterocycles. The van der Waals surface area contributed by atoms with E-state index < -0.39 is 16.1 Å². The third-order valence-electron chi connectivity index (χ3n) is 3.88. The van der Waals surface area contributed by atoms with Crippen LogP contribution < -0.4 is 9.62 Å². The lowest BCUT2D eigenvalue weighted by molar-refractivity contribution is -0.123. The number of aryl methyl sites for hydroxylation is 2. The molecule has 0 saturated carbocycles. The van der Waals surface area contributed by atoms with E-state index in [0.717, 1.165) is 17.4 Å². The first-order valence-electron chi connectivity index (χ1n) is 7.97. The van der Waals surface area contributed by atoms with Crippen molar-refractivity contribution in [1.29, 1.82) is 0 Å². The zero-order chi connectivity index (χ0) is 18.5. The predicted molar refractivity (Wildman–Crippen MR) is 96.8 cm³/mol. The van der Waals surface area contributed by atoms with E-state index in [-0.39, 0.29) is 11.9 Å². The van der Waals surface area contributed by atoms with Gasteiger partial charge in [-0.25, -0.2) is 8.42 Å². The van der Waals surface area contributed by atoms with Crippen molar-refractivity contribution in [3.05, 3.63) is 29.3 Å². The van der Waals surface area contributed by atoms with Gasteiger partial charge < -0.3 is 10.1 Å². The van der Waals surface area contributed by atoms with Gasteiger partial charge in [0.2, 0.25) is 15.9 Å². The highest BCUT2D eigenvalue weighted by atomic mass is 32.2. The number of anilines is 1. The molecule has 1 amide bonds. The van der Waals surface area contributed by atoms with E-state index in [1.54, 1.807) is 26.2 Å². The monoisotopic (exact) mass is 356 g/mol. The van der Waals surface area contributed by atoms with Crippen molar-refractivity contribution in [2.45, 2.75) is 46.2 Å². The van der Waals surface area contributed by atoms with E-state index in [0.29, 0.717) is 18.7 Å². The average molecular weight is 356 g/mol. The maximum Gasteiger partial charge on any atom is 0.244 e. The molecule has 7 heteroatoms. The van der Waals surface area contributed by atoms with E-state index in [4.69, 9.17) is 4.74 Å². The molecule has 0 saturated heterocycles. The molecule has 1 rings (SSSR count). The number of carbonyl (C=O) groups is 1. The molecule has 0 aliphatic carbocycles. The highest BCUT2D eigenvalue weighted by Crippen LogP contribution is 2.25. The Bertz CT molecular complexity index is 673. The minimum atomic E-state index is -3.61. The summed E-state index contributed by atoms with van der Waals surface area (Å²) in [4.78, 5) is 12.6. The van der Waals surface area contributed by atoms with Crippen LogP contribution in [-0.2, 0) is 19.6 Å². The summed E-state index contributed by atoms with van der Waals surface area (Å²) < 4.78 is 30.9. The summed E-state index contributed by atoms with van der Waals surface area (Å²) in [5.74, 6) is -0.328. The van der Waals surface area contributed by atoms with Crippen LogP contribution in [0.4, 0.5) is 5.69 Å². The first-order chi connectivity index (χ1) is 11.1. The van der Waals surface area contributed by atoms with E-state index in [9.17, 15) is 13.2 Å². The van der Waals surface area contributed by atoms with Crippen LogP contribution in [0.3, 0.4) is 0 Å². The molecular formula is C17H28N2O4S. The molecule has 0 aliphatic heterocycles. The molecule has 2 atom stereocenters. The summed E-state index contributed by atoms with van der Waals surface area (Å²) in [6.45, 7) is 7.85. The minimum absolute atomic E-state index is 0.197. The Morgan fingerprint density at radius 3 is 2.38 bits per heavy atom. The highest BCUT2D eigenvalue weighted by molar-refractivity contribution is 7.92. The normalized spacial score (nSPS) is 14.1. The second-order valence-corrected chi connectivity index (χ2v) is 7.98. The van der Waals surface area contributed by atoms with Gasteiger partial charge in [0, 0.05) is 13.2 Å². The molecule has 6 nitrogen and oxygen atoms in total. The van der Waals surface area contributed by atoms with Gasteiger partial charge in [-0.2, -0.15) is 0 Å². The number of nitrogens with zero attached hydrogens (tertiary/aromatic N) is 1. The Morgan fingerprint density at radius 1 is 1.29 bits per heavy atom. The average Bonchev–Trinajstić information content (AvgIpc) is 2.46. The maximum absolute atomic E-state index is 12.6. The quantitative estimate of drug-likeness (QED) is 0.773. The standard InChI is InChI=1S/C17H28N2O4S/c1-7-16(17(20)18-14(4)11-23-5)19(24(6,21)22)15-9-8-12(2)13(3)10-15/h8-10,14,16H,7,11H2,1-6H3,(H,18,20). The van der Waals surface area contributed by atoms with Crippen molar-refractivity contribution >= 4 is 21.6 Å². The highest BCUT2D eigenvalue weighted by Gasteiger charge is 2.32. The molecule has 0 spiro atoms. The molecule has 1 aromatic rings. The zero-order valence-corrected chi connectivity index (χ0v) is 16.1. The van der Waals surface area contributed by atoms with Crippen LogP contribution in [0.1, 0.15) is 31.4 Å². The van der Waals surface area contributed by atoms with Gasteiger partial charge in [-0.15, -0.1) is 0 Å². The Kier molecular flexibility index (Phi) is 7.23. The number of sulfonamides is 1. The van der Waals surface area contributed by atoms with Gasteiger partial charge in [0.15, 0.2) is 0 Å². The van der Waals surface area contributed by atoms with Crippen LogP contribution in [0.5, 0.6) is 0 Å². The molecule has 0 heterocycles. The van der Waals surface area contributed by atoms with E-state index in [1.165, 1.54) is 4.31 Å². The van der Waals surface area contributed by atoms with Crippen molar-refractivity contribution in [1.82, 2.24) is 5.32 Å². The fourth-order valence-electron chi connectivity index (χ4n) is 2.55. The number of carbonyl (C=O) groups excluding carboxylic acids is 1. The summed E-state index contributed by atoms with van der Waals surface area (Å²) in [5.41, 5.74) is 2.55. The molecule has 1 aromatic carbocycles. The van der Waals surface area contributed by atoms with Gasteiger partial charge >= 0.3 is 0 Å². The van der Waals surface area contributed by atoms with Crippen molar-refractivity contribution in [2.75, 3.05) is 24.3 Å². The van der Waals surface area contributed by atoms with Crippen molar-refractivity contribution in [2.24, 2.45) is 0 Å². The van der Waals surface area contributed by atoms with Crippen LogP contribution in [0.25, 0.3) is 0 Å². The summed E-state index contributed by atoms with van der Waals surface area (Å²) in [7, 11) is -2.06. The minimum Gasteiger partial charge on any atom is -0.383 e. The van der Waals surface area contributed by atoms with Crippen LogP contribution in [0, 0.1) is 13.8 Å². The Morgan fingerprint density at radius 2 is 1.92 bits per heavy atom. The second kappa shape index (κ2) is 8.48. The van der Waals surface area contributed by atoms with E-state index in [1.807, 2.05) is 26.8 Å². The van der Waals surface area contributed by atoms with Crippen molar-refractivity contribution < 1.29 is 17.9 Å². The lowest BCUT2D eigenvalue weighted by atomic mass is 10.1. The number of ether oxygens (including phenoxy) is 1. The number of hydrogen-bond acceptors (Lipinski definition) is 4. The van der Waals surface area contributed by atoms with Crippen molar-refractivity contribution in [3.63, 3.8) is 0 Å². The molecule has 24 heavy (non-hydrogen) atoms. The van der Waals surface area contributed by atoms with Gasteiger partial charge in [0.1, 0.15) is 6.04 Å². The summed E-state index contributed by atoms with van der Waals surface area (Å²) in [5, 5.41) is 2.81. The number of amides is 1. The SMILES string of the molecule is CCC(C(=O)NC(C)COC)N(c1ccc(C)c(C)c1)S(C)(=O)=O. The second-order valence-electron chi connectivity index (χ2n) is 6.12. The van der Waals surface area contributed by atoms with Gasteiger partial charge in [-0.3, -0.25) is 9.10 Å². The number of nitrogens with one attached hydrogen (secondary N) is 1. The maximum atomic E-state index is 12.6. The molecule has 0 bridgehead atoms. The molecule has 1 N–H and O–H groups in total. The topological polar surface area (TPSA) is 75.7 Å². The largest absolute Gasteiger partial charge is 0.383 e. The van der Waals surface area contributed by atoms with Crippen LogP contribution in [0.15, 0.2) is 18.2 Å². The van der Waals surface area contributed by atoms with Crippen LogP contribution in [-0.4, -0.2) is 46.4 Å². The first kappa shape index (κ1) is 20.4. The fourth-order valence-corrected chi connectivity index (χ4v) is 3.76. The Labute approximate surface area is 145 Å². The molecular weight excluding hydrogens is 328 g/mol. The molecule has 0 fully saturated rings. The fraction of sp³-hybridized carbons (Fsp3) is 0.588. The third-order valence-corrected chi connectivity index (χ3v) is 5.06. The van der Waals surface area contributed by atoms with Gasteiger partial charge in [0.25, 0.3) is 0 Å². The summed E-state index contributed by atoms with van der Waals surface area (Å²) in [6, 6.07) is 4.39. The van der Waals surface area contributed by atoms with Crippen molar-refractivity contribution in [3.8, 4) is 0 Å². The number of methoxy groups -OCH3 is 1. The third kappa shape index (κ3) is 5.21. The molecule has 0 radical (unpaired) electrons. The van der Waals surface area contributed by atoms with Crippen LogP contribution in [0.2, 0.25) is 0 Å². The molecule has 0 aliphatic rings. The molecule has 136 valence electrons. The smallest absolute Gasteiger partial charge is 0.244 e. The number of rotatable bonds is 8. The van der Waals surface area contributed by atoms with E-state index in [2.05, 4.69) is 5.32 Å². The molecule has 2 unspecified atom stereocenters. The zero-order valence-electron chi connectivity index (χ0n) is 15.3. The summed E-state index contributed by atoms with van der Waals surface area (Å²) >= 11 is 0. The Hall–Kier alpha value is -1.60. The summed E-state index contributed by atoms with van der Waals surface area (Å²) in [6.07, 6.45) is 1.49. The van der Waals surface area contributed by atoms with Gasteiger partial charge in [-0.05, 0) is 50.5 Å². The van der Waals surface area contributed by atoms with Gasteiger partial charge in [0.05, 0.1) is 18.6 Å². The van der Waals surface area contributed by atoms with Gasteiger partial charge in [-0.1, -0.05) is 13.0 Å². The lowest BCUT2D eigenvalue weighted by Gasteiger charge is -2.31. The number of benzene rings is 1. The van der Waals surface area contributed by atoms with Crippen LogP contribution >= 0.6 is 0 Å². The number of hydrogen-bond donors (Lipinski definition) is 1. The Balaban J connectivity index is 3.22.